The zero-order chi connectivity index (χ0) is 12.6. The molecule has 0 fully saturated rings. The zero-order valence-electron chi connectivity index (χ0n) is 10.1. The van der Waals surface area contributed by atoms with Crippen LogP contribution in [-0.4, -0.2) is 11.5 Å². The number of hydrogen-bond donors (Lipinski definition) is 1. The van der Waals surface area contributed by atoms with Gasteiger partial charge in [-0.25, -0.2) is 0 Å². The van der Waals surface area contributed by atoms with Crippen molar-refractivity contribution in [2.45, 2.75) is 13.0 Å². The normalized spacial score (nSPS) is 19.9. The fourth-order valence-corrected chi connectivity index (χ4v) is 2.31. The van der Waals surface area contributed by atoms with Crippen LogP contribution in [0.1, 0.15) is 12.0 Å². The summed E-state index contributed by atoms with van der Waals surface area (Å²) in [5.74, 6) is 0.340. The molecule has 1 aliphatic rings. The number of rotatable bonds is 6. The third-order valence-electron chi connectivity index (χ3n) is 2.65. The van der Waals surface area contributed by atoms with Crippen molar-refractivity contribution in [3.8, 4) is 0 Å². The first kappa shape index (κ1) is 13.4. The summed E-state index contributed by atoms with van der Waals surface area (Å²) in [6, 6.07) is 9.75. The summed E-state index contributed by atoms with van der Waals surface area (Å²) < 4.78 is 10.6. The molecule has 0 aromatic heterocycles. The molecule has 0 radical (unpaired) electrons. The summed E-state index contributed by atoms with van der Waals surface area (Å²) in [6.45, 7) is 0.876. The minimum absolute atomic E-state index is 0.340. The minimum Gasteiger partial charge on any atom is -0.328 e. The lowest BCUT2D eigenvalue weighted by molar-refractivity contribution is 0.180. The molecular formula is C14H17O3P. The Morgan fingerprint density at radius 2 is 2.00 bits per heavy atom. The highest BCUT2D eigenvalue weighted by molar-refractivity contribution is 7.40. The Labute approximate surface area is 109 Å². The number of allylic oxidation sites excluding steroid dienone is 3. The van der Waals surface area contributed by atoms with Gasteiger partial charge >= 0.3 is 8.60 Å². The quantitative estimate of drug-likeness (QED) is 0.798. The van der Waals surface area contributed by atoms with Crippen LogP contribution < -0.4 is 0 Å². The molecule has 2 atom stereocenters. The predicted molar refractivity (Wildman–Crippen MR) is 72.7 cm³/mol. The molecular weight excluding hydrogens is 247 g/mol. The maximum Gasteiger partial charge on any atom is 0.330 e. The Morgan fingerprint density at radius 1 is 1.17 bits per heavy atom. The summed E-state index contributed by atoms with van der Waals surface area (Å²) in [5, 5.41) is 0. The Balaban J connectivity index is 1.64. The monoisotopic (exact) mass is 264 g/mol. The predicted octanol–water partition coefficient (Wildman–Crippen LogP) is 3.57. The average Bonchev–Trinajstić information content (AvgIpc) is 2.45. The van der Waals surface area contributed by atoms with Crippen molar-refractivity contribution in [1.82, 2.24) is 0 Å². The lowest BCUT2D eigenvalue weighted by atomic mass is 10.0. The van der Waals surface area contributed by atoms with Crippen LogP contribution in [0.3, 0.4) is 0 Å². The fraction of sp³-hybridized carbons (Fsp3) is 0.286. The number of hydrogen-bond acceptors (Lipinski definition) is 3. The SMILES string of the molecule is OP(OCc1ccccc1)OC[C@H]1C=CC=CC1. The molecule has 2 rings (SSSR count). The van der Waals surface area contributed by atoms with Crippen molar-refractivity contribution < 1.29 is 13.9 Å². The van der Waals surface area contributed by atoms with E-state index in [1.165, 1.54) is 0 Å². The first-order valence-corrected chi connectivity index (χ1v) is 7.10. The van der Waals surface area contributed by atoms with Crippen molar-refractivity contribution in [1.29, 1.82) is 0 Å². The van der Waals surface area contributed by atoms with E-state index in [0.717, 1.165) is 12.0 Å². The van der Waals surface area contributed by atoms with Crippen LogP contribution >= 0.6 is 8.60 Å². The highest BCUT2D eigenvalue weighted by Crippen LogP contribution is 2.35. The molecule has 0 spiro atoms. The molecule has 0 heterocycles. The zero-order valence-corrected chi connectivity index (χ0v) is 11.0. The third-order valence-corrected chi connectivity index (χ3v) is 3.37. The average molecular weight is 264 g/mol. The molecule has 1 aromatic carbocycles. The second-order valence-corrected chi connectivity index (χ2v) is 5.09. The summed E-state index contributed by atoms with van der Waals surface area (Å²) in [6.07, 6.45) is 9.16. The number of benzene rings is 1. The van der Waals surface area contributed by atoms with Gasteiger partial charge in [-0.1, -0.05) is 54.6 Å². The van der Waals surface area contributed by atoms with Gasteiger partial charge in [0.25, 0.3) is 0 Å². The van der Waals surface area contributed by atoms with Crippen LogP contribution in [0.5, 0.6) is 0 Å². The second-order valence-electron chi connectivity index (χ2n) is 4.10. The Morgan fingerprint density at radius 3 is 2.72 bits per heavy atom. The van der Waals surface area contributed by atoms with Gasteiger partial charge in [0.15, 0.2) is 0 Å². The van der Waals surface area contributed by atoms with Gasteiger partial charge in [0, 0.05) is 5.92 Å². The maximum atomic E-state index is 9.62. The van der Waals surface area contributed by atoms with Crippen molar-refractivity contribution in [2.75, 3.05) is 6.61 Å². The van der Waals surface area contributed by atoms with Crippen LogP contribution in [0.15, 0.2) is 54.6 Å². The largest absolute Gasteiger partial charge is 0.330 e. The summed E-state index contributed by atoms with van der Waals surface area (Å²) in [7, 11) is -1.79. The van der Waals surface area contributed by atoms with E-state index < -0.39 is 8.60 Å². The molecule has 0 amide bonds. The van der Waals surface area contributed by atoms with Gasteiger partial charge in [-0.2, -0.15) is 0 Å². The molecule has 1 aliphatic carbocycles. The molecule has 0 saturated heterocycles. The highest BCUT2D eigenvalue weighted by atomic mass is 31.2. The van der Waals surface area contributed by atoms with Gasteiger partial charge < -0.3 is 13.9 Å². The first-order chi connectivity index (χ1) is 8.84. The van der Waals surface area contributed by atoms with Crippen molar-refractivity contribution in [3.05, 3.63) is 60.2 Å². The fourth-order valence-electron chi connectivity index (χ4n) is 1.66. The van der Waals surface area contributed by atoms with Crippen LogP contribution in [0.4, 0.5) is 0 Å². The van der Waals surface area contributed by atoms with E-state index in [2.05, 4.69) is 12.2 Å². The van der Waals surface area contributed by atoms with Crippen LogP contribution in [0, 0.1) is 5.92 Å². The van der Waals surface area contributed by atoms with Crippen LogP contribution in [0.25, 0.3) is 0 Å². The smallest absolute Gasteiger partial charge is 0.328 e. The molecule has 3 nitrogen and oxygen atoms in total. The van der Waals surface area contributed by atoms with E-state index in [-0.39, 0.29) is 0 Å². The first-order valence-electron chi connectivity index (χ1n) is 5.96. The molecule has 0 aliphatic heterocycles. The molecule has 96 valence electrons. The van der Waals surface area contributed by atoms with Gasteiger partial charge in [0.1, 0.15) is 0 Å². The van der Waals surface area contributed by atoms with E-state index >= 15 is 0 Å². The lowest BCUT2D eigenvalue weighted by Crippen LogP contribution is -2.06. The van der Waals surface area contributed by atoms with E-state index in [1.807, 2.05) is 42.5 Å². The molecule has 4 heteroatoms. The van der Waals surface area contributed by atoms with E-state index in [4.69, 9.17) is 9.05 Å². The van der Waals surface area contributed by atoms with Crippen LogP contribution in [0.2, 0.25) is 0 Å². The lowest BCUT2D eigenvalue weighted by Gasteiger charge is -2.15. The molecule has 0 saturated carbocycles. The Kier molecular flexibility index (Phi) is 5.56. The van der Waals surface area contributed by atoms with E-state index in [1.54, 1.807) is 0 Å². The summed E-state index contributed by atoms with van der Waals surface area (Å²) >= 11 is 0. The van der Waals surface area contributed by atoms with Gasteiger partial charge in [-0.05, 0) is 12.0 Å². The Hall–Kier alpha value is -0.990. The van der Waals surface area contributed by atoms with Crippen molar-refractivity contribution in [2.24, 2.45) is 5.92 Å². The third kappa shape index (κ3) is 4.71. The van der Waals surface area contributed by atoms with Crippen molar-refractivity contribution >= 4 is 8.60 Å². The second kappa shape index (κ2) is 7.45. The molecule has 18 heavy (non-hydrogen) atoms. The van der Waals surface area contributed by atoms with E-state index in [9.17, 15) is 4.89 Å². The molecule has 0 bridgehead atoms. The van der Waals surface area contributed by atoms with Gasteiger partial charge in [0.05, 0.1) is 13.2 Å². The topological polar surface area (TPSA) is 38.7 Å². The van der Waals surface area contributed by atoms with Gasteiger partial charge in [0.2, 0.25) is 0 Å². The van der Waals surface area contributed by atoms with Crippen molar-refractivity contribution in [3.63, 3.8) is 0 Å². The molecule has 1 N–H and O–H groups in total. The van der Waals surface area contributed by atoms with Gasteiger partial charge in [-0.15, -0.1) is 0 Å². The Bertz CT molecular complexity index is 403. The highest BCUT2D eigenvalue weighted by Gasteiger charge is 2.11. The molecule has 1 aromatic rings. The standard InChI is InChI=1S/C14H17O3P/c15-18(16-11-13-7-3-1-4-8-13)17-12-14-9-5-2-6-10-14/h1-9,14-15H,10-12H2/t14-,18?/m0/s1. The maximum absolute atomic E-state index is 9.62. The van der Waals surface area contributed by atoms with Crippen LogP contribution in [-0.2, 0) is 15.7 Å². The summed E-state index contributed by atoms with van der Waals surface area (Å²) in [4.78, 5) is 9.62. The minimum atomic E-state index is -1.79. The molecule has 1 unspecified atom stereocenters. The van der Waals surface area contributed by atoms with E-state index in [0.29, 0.717) is 19.1 Å². The van der Waals surface area contributed by atoms with Gasteiger partial charge in [-0.3, -0.25) is 0 Å². The summed E-state index contributed by atoms with van der Waals surface area (Å²) in [5.41, 5.74) is 1.03.